The third-order valence-corrected chi connectivity index (χ3v) is 7.60. The molecule has 0 radical (unpaired) electrons. The number of aromatic nitrogens is 2. The zero-order valence-corrected chi connectivity index (χ0v) is 19.1. The summed E-state index contributed by atoms with van der Waals surface area (Å²) in [6.45, 7) is 2.51. The predicted octanol–water partition coefficient (Wildman–Crippen LogP) is 4.24. The molecule has 6 nitrogen and oxygen atoms in total. The SMILES string of the molecule is COCCn1c(SC(C)C(=O)Nc2ccc(F)cc2)nc2sc3c(c2c1=O)CCCC3. The van der Waals surface area contributed by atoms with Crippen LogP contribution in [0.25, 0.3) is 10.2 Å². The van der Waals surface area contributed by atoms with Gasteiger partial charge in [0, 0.05) is 17.7 Å². The van der Waals surface area contributed by atoms with Gasteiger partial charge in [0.05, 0.1) is 23.8 Å². The molecule has 1 aliphatic rings. The van der Waals surface area contributed by atoms with Crippen molar-refractivity contribution in [3.05, 3.63) is 50.9 Å². The van der Waals surface area contributed by atoms with E-state index in [1.54, 1.807) is 29.9 Å². The first-order valence-corrected chi connectivity index (χ1v) is 11.9. The molecule has 0 fully saturated rings. The standard InChI is InChI=1S/C22H24FN3O3S2/c1-13(19(27)24-15-9-7-14(23)8-10-15)30-22-25-20-18(21(28)26(22)11-12-29-2)16-5-3-4-6-17(16)31-20/h7-10,13H,3-6,11-12H2,1-2H3,(H,24,27). The van der Waals surface area contributed by atoms with E-state index in [1.807, 2.05) is 0 Å². The number of thioether (sulfide) groups is 1. The molecule has 0 bridgehead atoms. The predicted molar refractivity (Wildman–Crippen MR) is 123 cm³/mol. The van der Waals surface area contributed by atoms with E-state index in [-0.39, 0.29) is 17.3 Å². The van der Waals surface area contributed by atoms with E-state index in [2.05, 4.69) is 5.32 Å². The Morgan fingerprint density at radius 3 is 2.81 bits per heavy atom. The minimum atomic E-state index is -0.502. The maximum atomic E-state index is 13.4. The normalized spacial score (nSPS) is 14.4. The fourth-order valence-corrected chi connectivity index (χ4v) is 5.92. The molecule has 1 amide bonds. The van der Waals surface area contributed by atoms with Crippen LogP contribution in [0, 0.1) is 5.82 Å². The molecule has 1 aromatic carbocycles. The van der Waals surface area contributed by atoms with Gasteiger partial charge in [-0.05, 0) is 62.4 Å². The maximum Gasteiger partial charge on any atom is 0.263 e. The first-order chi connectivity index (χ1) is 15.0. The molecule has 0 saturated heterocycles. The molecule has 1 aliphatic carbocycles. The molecular weight excluding hydrogens is 437 g/mol. The zero-order chi connectivity index (χ0) is 22.0. The van der Waals surface area contributed by atoms with Crippen LogP contribution in [0.2, 0.25) is 0 Å². The summed E-state index contributed by atoms with van der Waals surface area (Å²) in [5, 5.41) is 3.51. The minimum Gasteiger partial charge on any atom is -0.383 e. The molecular formula is C22H24FN3O3S2. The highest BCUT2D eigenvalue weighted by atomic mass is 32.2. The zero-order valence-electron chi connectivity index (χ0n) is 17.4. The number of benzene rings is 1. The molecule has 2 heterocycles. The van der Waals surface area contributed by atoms with E-state index in [4.69, 9.17) is 9.72 Å². The van der Waals surface area contributed by atoms with E-state index in [9.17, 15) is 14.0 Å². The molecule has 1 N–H and O–H groups in total. The van der Waals surface area contributed by atoms with E-state index in [0.29, 0.717) is 24.0 Å². The van der Waals surface area contributed by atoms with Crippen molar-refractivity contribution in [2.75, 3.05) is 19.0 Å². The van der Waals surface area contributed by atoms with Gasteiger partial charge in [-0.2, -0.15) is 0 Å². The van der Waals surface area contributed by atoms with Gasteiger partial charge in [0.25, 0.3) is 5.56 Å². The molecule has 3 aromatic rings. The third kappa shape index (κ3) is 4.68. The van der Waals surface area contributed by atoms with Crippen molar-refractivity contribution < 1.29 is 13.9 Å². The smallest absolute Gasteiger partial charge is 0.263 e. The second-order valence-corrected chi connectivity index (χ2v) is 9.88. The molecule has 1 unspecified atom stereocenters. The molecule has 2 aromatic heterocycles. The van der Waals surface area contributed by atoms with E-state index in [0.717, 1.165) is 41.5 Å². The number of nitrogens with zero attached hydrogens (tertiary/aromatic N) is 2. The highest BCUT2D eigenvalue weighted by Gasteiger charge is 2.24. The van der Waals surface area contributed by atoms with Gasteiger partial charge in [-0.25, -0.2) is 9.37 Å². The van der Waals surface area contributed by atoms with Gasteiger partial charge >= 0.3 is 0 Å². The lowest BCUT2D eigenvalue weighted by Gasteiger charge is -2.16. The number of halogens is 1. The maximum absolute atomic E-state index is 13.4. The molecule has 1 atom stereocenters. The van der Waals surface area contributed by atoms with Crippen LogP contribution in [-0.4, -0.2) is 34.4 Å². The van der Waals surface area contributed by atoms with E-state index in [1.165, 1.54) is 40.9 Å². The van der Waals surface area contributed by atoms with E-state index >= 15 is 0 Å². The summed E-state index contributed by atoms with van der Waals surface area (Å²) in [4.78, 5) is 32.9. The summed E-state index contributed by atoms with van der Waals surface area (Å²) in [6.07, 6.45) is 4.14. The van der Waals surface area contributed by atoms with E-state index < -0.39 is 5.25 Å². The quantitative estimate of drug-likeness (QED) is 0.421. The number of nitrogens with one attached hydrogen (secondary N) is 1. The Kier molecular flexibility index (Phi) is 6.74. The topological polar surface area (TPSA) is 73.2 Å². The van der Waals surface area contributed by atoms with Gasteiger partial charge in [-0.15, -0.1) is 11.3 Å². The number of hydrogen-bond donors (Lipinski definition) is 1. The molecule has 0 aliphatic heterocycles. The van der Waals surface area contributed by atoms with Crippen LogP contribution in [0.3, 0.4) is 0 Å². The molecule has 0 saturated carbocycles. The highest BCUT2D eigenvalue weighted by molar-refractivity contribution is 8.00. The number of methoxy groups -OCH3 is 1. The van der Waals surface area contributed by atoms with Crippen LogP contribution in [-0.2, 0) is 28.9 Å². The summed E-state index contributed by atoms with van der Waals surface area (Å²) < 4.78 is 19.9. The number of amides is 1. The average molecular weight is 462 g/mol. The minimum absolute atomic E-state index is 0.0601. The number of aryl methyl sites for hydroxylation is 2. The highest BCUT2D eigenvalue weighted by Crippen LogP contribution is 2.35. The number of hydrogen-bond acceptors (Lipinski definition) is 6. The molecule has 0 spiro atoms. The lowest BCUT2D eigenvalue weighted by molar-refractivity contribution is -0.115. The Morgan fingerprint density at radius 2 is 2.06 bits per heavy atom. The lowest BCUT2D eigenvalue weighted by Crippen LogP contribution is -2.28. The van der Waals surface area contributed by atoms with Crippen LogP contribution in [0.5, 0.6) is 0 Å². The number of anilines is 1. The second-order valence-electron chi connectivity index (χ2n) is 7.49. The number of fused-ring (bicyclic) bond motifs is 3. The van der Waals surface area contributed by atoms with Crippen molar-refractivity contribution in [1.29, 1.82) is 0 Å². The molecule has 164 valence electrons. The Bertz CT molecular complexity index is 1160. The van der Waals surface area contributed by atoms with Crippen LogP contribution in [0.15, 0.2) is 34.2 Å². The average Bonchev–Trinajstić information content (AvgIpc) is 3.13. The van der Waals surface area contributed by atoms with Gasteiger partial charge in [0.2, 0.25) is 5.91 Å². The van der Waals surface area contributed by atoms with Crippen molar-refractivity contribution in [3.63, 3.8) is 0 Å². The summed E-state index contributed by atoms with van der Waals surface area (Å²) in [6, 6.07) is 5.62. The van der Waals surface area contributed by atoms with Crippen molar-refractivity contribution in [3.8, 4) is 0 Å². The monoisotopic (exact) mass is 461 g/mol. The second kappa shape index (κ2) is 9.50. The first-order valence-electron chi connectivity index (χ1n) is 10.2. The summed E-state index contributed by atoms with van der Waals surface area (Å²) >= 11 is 2.84. The van der Waals surface area contributed by atoms with Crippen molar-refractivity contribution in [2.24, 2.45) is 0 Å². The largest absolute Gasteiger partial charge is 0.383 e. The van der Waals surface area contributed by atoms with Crippen LogP contribution in [0.4, 0.5) is 10.1 Å². The first kappa shape index (κ1) is 22.0. The van der Waals surface area contributed by atoms with Crippen molar-refractivity contribution >= 4 is 44.9 Å². The summed E-state index contributed by atoms with van der Waals surface area (Å²) in [5.41, 5.74) is 1.61. The Morgan fingerprint density at radius 1 is 1.32 bits per heavy atom. The lowest BCUT2D eigenvalue weighted by atomic mass is 9.97. The van der Waals surface area contributed by atoms with Gasteiger partial charge in [-0.1, -0.05) is 11.8 Å². The Hall–Kier alpha value is -2.23. The van der Waals surface area contributed by atoms with Crippen LogP contribution in [0.1, 0.15) is 30.2 Å². The molecule has 31 heavy (non-hydrogen) atoms. The molecule has 4 rings (SSSR count). The van der Waals surface area contributed by atoms with Crippen LogP contribution >= 0.6 is 23.1 Å². The van der Waals surface area contributed by atoms with Crippen molar-refractivity contribution in [1.82, 2.24) is 9.55 Å². The Balaban J connectivity index is 1.64. The fourth-order valence-electron chi connectivity index (χ4n) is 3.68. The number of thiophene rings is 1. The van der Waals surface area contributed by atoms with Gasteiger partial charge in [0.1, 0.15) is 10.6 Å². The van der Waals surface area contributed by atoms with Gasteiger partial charge < -0.3 is 10.1 Å². The van der Waals surface area contributed by atoms with Crippen LogP contribution < -0.4 is 10.9 Å². The van der Waals surface area contributed by atoms with Crippen molar-refractivity contribution in [2.45, 2.75) is 49.6 Å². The third-order valence-electron chi connectivity index (χ3n) is 5.32. The van der Waals surface area contributed by atoms with Gasteiger partial charge in [-0.3, -0.25) is 14.2 Å². The fraction of sp³-hybridized carbons (Fsp3) is 0.409. The molecule has 9 heteroatoms. The number of rotatable bonds is 7. The number of carbonyl (C=O) groups excluding carboxylic acids is 1. The number of ether oxygens (including phenoxy) is 1. The van der Waals surface area contributed by atoms with Gasteiger partial charge in [0.15, 0.2) is 5.16 Å². The summed E-state index contributed by atoms with van der Waals surface area (Å²) in [7, 11) is 1.59. The number of carbonyl (C=O) groups is 1. The summed E-state index contributed by atoms with van der Waals surface area (Å²) in [5.74, 6) is -0.603. The Labute approximate surface area is 187 Å².